The summed E-state index contributed by atoms with van der Waals surface area (Å²) in [5.74, 6) is 0.506. The van der Waals surface area contributed by atoms with Crippen LogP contribution in [0.15, 0.2) is 67.0 Å². The quantitative estimate of drug-likeness (QED) is 0.443. The molecule has 32 heavy (non-hydrogen) atoms. The van der Waals surface area contributed by atoms with Crippen LogP contribution < -0.4 is 9.21 Å². The van der Waals surface area contributed by atoms with Crippen LogP contribution in [0.2, 0.25) is 0 Å². The summed E-state index contributed by atoms with van der Waals surface area (Å²) >= 11 is 0. The number of benzene rings is 2. The first-order valence-electron chi connectivity index (χ1n) is 9.88. The van der Waals surface area contributed by atoms with E-state index in [1.165, 1.54) is 10.6 Å². The zero-order valence-electron chi connectivity index (χ0n) is 17.8. The Labute approximate surface area is 185 Å². The Balaban J connectivity index is 1.61. The third-order valence-electron chi connectivity index (χ3n) is 5.51. The molecule has 3 aromatic heterocycles. The normalized spacial score (nSPS) is 11.8. The SMILES string of the molecule is CN(c1ccc2[nH]ncc2c1)c1ncc2ccc(-c3ccccc3N(C)S(C)(=O)=O)n2n1. The molecule has 0 fully saturated rings. The van der Waals surface area contributed by atoms with Gasteiger partial charge in [-0.15, -0.1) is 5.10 Å². The molecule has 0 aliphatic rings. The number of rotatable bonds is 5. The fourth-order valence-electron chi connectivity index (χ4n) is 3.65. The molecule has 2 aromatic carbocycles. The number of nitrogens with zero attached hydrogens (tertiary/aromatic N) is 6. The third kappa shape index (κ3) is 3.34. The molecule has 162 valence electrons. The molecule has 10 heteroatoms. The van der Waals surface area contributed by atoms with Gasteiger partial charge in [0.25, 0.3) is 0 Å². The molecule has 0 radical (unpaired) electrons. The fraction of sp³-hybridized carbons (Fsp3) is 0.136. The molecule has 0 amide bonds. The highest BCUT2D eigenvalue weighted by Gasteiger charge is 2.19. The van der Waals surface area contributed by atoms with Crippen LogP contribution in [0, 0.1) is 0 Å². The van der Waals surface area contributed by atoms with Crippen LogP contribution in [0.3, 0.4) is 0 Å². The van der Waals surface area contributed by atoms with E-state index in [1.54, 1.807) is 30.0 Å². The van der Waals surface area contributed by atoms with Gasteiger partial charge < -0.3 is 4.90 Å². The highest BCUT2D eigenvalue weighted by Crippen LogP contribution is 2.33. The summed E-state index contributed by atoms with van der Waals surface area (Å²) in [6.45, 7) is 0. The summed E-state index contributed by atoms with van der Waals surface area (Å²) in [5.41, 5.74) is 4.79. The summed E-state index contributed by atoms with van der Waals surface area (Å²) in [6.07, 6.45) is 4.71. The number of aromatic nitrogens is 5. The predicted molar refractivity (Wildman–Crippen MR) is 126 cm³/mol. The van der Waals surface area contributed by atoms with Crippen molar-refractivity contribution in [3.63, 3.8) is 0 Å². The number of anilines is 3. The number of fused-ring (bicyclic) bond motifs is 2. The largest absolute Gasteiger partial charge is 0.312 e. The topological polar surface area (TPSA) is 99.5 Å². The van der Waals surface area contributed by atoms with Gasteiger partial charge in [0.15, 0.2) is 0 Å². The van der Waals surface area contributed by atoms with E-state index in [1.807, 2.05) is 60.5 Å². The first kappa shape index (κ1) is 20.0. The summed E-state index contributed by atoms with van der Waals surface area (Å²) in [6, 6.07) is 17.1. The second-order valence-electron chi connectivity index (χ2n) is 7.56. The number of sulfonamides is 1. The maximum atomic E-state index is 12.2. The van der Waals surface area contributed by atoms with E-state index in [-0.39, 0.29) is 0 Å². The van der Waals surface area contributed by atoms with E-state index < -0.39 is 10.0 Å². The van der Waals surface area contributed by atoms with Crippen LogP contribution in [0.5, 0.6) is 0 Å². The Morgan fingerprint density at radius 2 is 1.81 bits per heavy atom. The van der Waals surface area contributed by atoms with Crippen molar-refractivity contribution >= 4 is 43.8 Å². The highest BCUT2D eigenvalue weighted by molar-refractivity contribution is 7.92. The summed E-state index contributed by atoms with van der Waals surface area (Å²) in [4.78, 5) is 6.41. The molecule has 5 aromatic rings. The van der Waals surface area contributed by atoms with Crippen LogP contribution in [0.25, 0.3) is 27.7 Å². The van der Waals surface area contributed by atoms with E-state index in [0.717, 1.165) is 33.4 Å². The van der Waals surface area contributed by atoms with E-state index in [0.29, 0.717) is 11.6 Å². The van der Waals surface area contributed by atoms with Gasteiger partial charge >= 0.3 is 0 Å². The van der Waals surface area contributed by atoms with Crippen molar-refractivity contribution in [2.75, 3.05) is 29.6 Å². The lowest BCUT2D eigenvalue weighted by atomic mass is 10.1. The molecule has 0 spiro atoms. The number of para-hydroxylation sites is 1. The second-order valence-corrected chi connectivity index (χ2v) is 9.58. The zero-order chi connectivity index (χ0) is 22.5. The standard InChI is InChI=1S/C22H21N7O2S/c1-27(16-8-10-19-15(12-16)13-24-25-19)22-23-14-17-9-11-21(29(17)26-22)18-6-4-5-7-20(18)28(2)32(3,30)31/h4-14H,1-3H3,(H,24,25). The van der Waals surface area contributed by atoms with Crippen molar-refractivity contribution in [3.05, 3.63) is 67.0 Å². The maximum absolute atomic E-state index is 12.2. The Kier molecular flexibility index (Phi) is 4.59. The van der Waals surface area contributed by atoms with Gasteiger partial charge in [0, 0.05) is 30.7 Å². The van der Waals surface area contributed by atoms with Crippen LogP contribution in [-0.2, 0) is 10.0 Å². The molecule has 0 saturated heterocycles. The minimum Gasteiger partial charge on any atom is -0.312 e. The summed E-state index contributed by atoms with van der Waals surface area (Å²) in [5, 5.41) is 12.8. The zero-order valence-corrected chi connectivity index (χ0v) is 18.6. The predicted octanol–water partition coefficient (Wildman–Crippen LogP) is 3.44. The number of nitrogens with one attached hydrogen (secondary N) is 1. The van der Waals surface area contributed by atoms with Crippen LogP contribution >= 0.6 is 0 Å². The molecular formula is C22H21N7O2S. The number of hydrogen-bond donors (Lipinski definition) is 1. The van der Waals surface area contributed by atoms with Gasteiger partial charge in [-0.1, -0.05) is 18.2 Å². The van der Waals surface area contributed by atoms with Gasteiger partial charge in [-0.2, -0.15) is 5.10 Å². The monoisotopic (exact) mass is 447 g/mol. The van der Waals surface area contributed by atoms with Gasteiger partial charge in [0.05, 0.1) is 41.1 Å². The smallest absolute Gasteiger partial charge is 0.247 e. The van der Waals surface area contributed by atoms with Crippen molar-refractivity contribution in [2.24, 2.45) is 0 Å². The summed E-state index contributed by atoms with van der Waals surface area (Å²) < 4.78 is 27.4. The molecule has 0 saturated carbocycles. The van der Waals surface area contributed by atoms with Crippen molar-refractivity contribution in [1.82, 2.24) is 24.8 Å². The molecule has 0 bridgehead atoms. The van der Waals surface area contributed by atoms with Gasteiger partial charge in [0.1, 0.15) is 0 Å². The molecule has 9 nitrogen and oxygen atoms in total. The molecule has 1 N–H and O–H groups in total. The Morgan fingerprint density at radius 3 is 2.62 bits per heavy atom. The van der Waals surface area contributed by atoms with Gasteiger partial charge in [0.2, 0.25) is 16.0 Å². The van der Waals surface area contributed by atoms with Crippen molar-refractivity contribution < 1.29 is 8.42 Å². The number of aromatic amines is 1. The van der Waals surface area contributed by atoms with Gasteiger partial charge in [-0.25, -0.2) is 17.9 Å². The minimum absolute atomic E-state index is 0.506. The average Bonchev–Trinajstić information content (AvgIpc) is 3.43. The third-order valence-corrected chi connectivity index (χ3v) is 6.71. The fourth-order valence-corrected chi connectivity index (χ4v) is 4.16. The first-order chi connectivity index (χ1) is 15.3. The number of H-pyrrole nitrogens is 1. The van der Waals surface area contributed by atoms with Crippen molar-refractivity contribution in [3.8, 4) is 11.3 Å². The van der Waals surface area contributed by atoms with E-state index in [2.05, 4.69) is 15.2 Å². The highest BCUT2D eigenvalue weighted by atomic mass is 32.2. The van der Waals surface area contributed by atoms with Crippen molar-refractivity contribution in [2.45, 2.75) is 0 Å². The lowest BCUT2D eigenvalue weighted by Gasteiger charge is -2.20. The maximum Gasteiger partial charge on any atom is 0.247 e. The number of hydrogen-bond acceptors (Lipinski definition) is 6. The molecule has 5 rings (SSSR count). The Morgan fingerprint density at radius 1 is 1.00 bits per heavy atom. The minimum atomic E-state index is -3.42. The van der Waals surface area contributed by atoms with Gasteiger partial charge in [-0.3, -0.25) is 9.40 Å². The van der Waals surface area contributed by atoms with E-state index in [9.17, 15) is 8.42 Å². The lowest BCUT2D eigenvalue weighted by molar-refractivity contribution is 0.600. The van der Waals surface area contributed by atoms with Crippen LogP contribution in [-0.4, -0.2) is 53.6 Å². The summed E-state index contributed by atoms with van der Waals surface area (Å²) in [7, 11) is 0.0275. The Bertz CT molecular complexity index is 1560. The van der Waals surface area contributed by atoms with Crippen LogP contribution in [0.4, 0.5) is 17.3 Å². The Hall–Kier alpha value is -3.92. The molecule has 0 unspecified atom stereocenters. The molecular weight excluding hydrogens is 426 g/mol. The van der Waals surface area contributed by atoms with Crippen LogP contribution in [0.1, 0.15) is 0 Å². The molecule has 3 heterocycles. The first-order valence-corrected chi connectivity index (χ1v) is 11.7. The molecule has 0 aliphatic carbocycles. The van der Waals surface area contributed by atoms with E-state index in [4.69, 9.17) is 5.10 Å². The van der Waals surface area contributed by atoms with Crippen molar-refractivity contribution in [1.29, 1.82) is 0 Å². The second kappa shape index (κ2) is 7.34. The van der Waals surface area contributed by atoms with Gasteiger partial charge in [-0.05, 0) is 36.4 Å². The average molecular weight is 448 g/mol. The molecule has 0 atom stereocenters. The van der Waals surface area contributed by atoms with E-state index >= 15 is 0 Å². The lowest BCUT2D eigenvalue weighted by Crippen LogP contribution is -2.25. The molecule has 0 aliphatic heterocycles.